The Labute approximate surface area is 101 Å². The van der Waals surface area contributed by atoms with Crippen LogP contribution in [-0.4, -0.2) is 42.3 Å². The van der Waals surface area contributed by atoms with Gasteiger partial charge < -0.3 is 14.2 Å². The molecule has 1 fully saturated rings. The van der Waals surface area contributed by atoms with Crippen LogP contribution in [0.2, 0.25) is 0 Å². The Morgan fingerprint density at radius 2 is 2.00 bits per heavy atom. The summed E-state index contributed by atoms with van der Waals surface area (Å²) in [4.78, 5) is 13.8. The number of morpholine rings is 1. The summed E-state index contributed by atoms with van der Waals surface area (Å²) >= 11 is 0. The maximum Gasteiger partial charge on any atom is 0.276 e. The van der Waals surface area contributed by atoms with E-state index in [-0.39, 0.29) is 11.3 Å². The van der Waals surface area contributed by atoms with Gasteiger partial charge in [0.25, 0.3) is 5.91 Å². The Bertz CT molecular complexity index is 400. The third kappa shape index (κ3) is 2.66. The van der Waals surface area contributed by atoms with Crippen molar-refractivity contribution in [3.05, 3.63) is 17.5 Å². The molecule has 1 aliphatic rings. The van der Waals surface area contributed by atoms with Gasteiger partial charge in [-0.25, -0.2) is 0 Å². The van der Waals surface area contributed by atoms with E-state index in [1.807, 2.05) is 20.8 Å². The quantitative estimate of drug-likeness (QED) is 0.743. The molecule has 0 saturated carbocycles. The fraction of sp³-hybridized carbons (Fsp3) is 0.667. The smallest absolute Gasteiger partial charge is 0.276 e. The van der Waals surface area contributed by atoms with Crippen molar-refractivity contribution in [2.45, 2.75) is 26.2 Å². The van der Waals surface area contributed by atoms with E-state index in [1.54, 1.807) is 11.0 Å². The first-order valence-electron chi connectivity index (χ1n) is 5.83. The number of carbonyl (C=O) groups is 1. The van der Waals surface area contributed by atoms with E-state index in [4.69, 9.17) is 9.26 Å². The number of rotatable bonds is 1. The Morgan fingerprint density at radius 3 is 2.53 bits per heavy atom. The molecule has 0 N–H and O–H groups in total. The van der Waals surface area contributed by atoms with Crippen LogP contribution in [0.5, 0.6) is 0 Å². The lowest BCUT2D eigenvalue weighted by atomic mass is 9.93. The first kappa shape index (κ1) is 12.1. The van der Waals surface area contributed by atoms with Gasteiger partial charge in [-0.1, -0.05) is 25.9 Å². The molecule has 1 saturated heterocycles. The van der Waals surface area contributed by atoms with Crippen molar-refractivity contribution in [3.63, 3.8) is 0 Å². The fourth-order valence-electron chi connectivity index (χ4n) is 1.66. The number of ether oxygens (including phenoxy) is 1. The first-order valence-corrected chi connectivity index (χ1v) is 5.83. The van der Waals surface area contributed by atoms with Gasteiger partial charge >= 0.3 is 0 Å². The van der Waals surface area contributed by atoms with Crippen molar-refractivity contribution in [3.8, 4) is 0 Å². The van der Waals surface area contributed by atoms with Gasteiger partial charge in [0.05, 0.1) is 13.2 Å². The van der Waals surface area contributed by atoms with Gasteiger partial charge in [-0.2, -0.15) is 0 Å². The van der Waals surface area contributed by atoms with Gasteiger partial charge in [-0.15, -0.1) is 0 Å². The lowest BCUT2D eigenvalue weighted by Crippen LogP contribution is -2.40. The molecular formula is C12H18N2O3. The summed E-state index contributed by atoms with van der Waals surface area (Å²) in [5.74, 6) is 0.654. The topological polar surface area (TPSA) is 55.6 Å². The molecule has 0 radical (unpaired) electrons. The van der Waals surface area contributed by atoms with Crippen molar-refractivity contribution >= 4 is 5.91 Å². The van der Waals surface area contributed by atoms with E-state index < -0.39 is 0 Å². The molecule has 2 rings (SSSR count). The summed E-state index contributed by atoms with van der Waals surface area (Å²) in [6.45, 7) is 8.50. The van der Waals surface area contributed by atoms with E-state index in [1.165, 1.54) is 0 Å². The summed E-state index contributed by atoms with van der Waals surface area (Å²) in [7, 11) is 0. The minimum absolute atomic E-state index is 0.0763. The third-order valence-electron chi connectivity index (χ3n) is 2.77. The van der Waals surface area contributed by atoms with Crippen LogP contribution in [0.25, 0.3) is 0 Å². The molecular weight excluding hydrogens is 220 g/mol. The largest absolute Gasteiger partial charge is 0.378 e. The van der Waals surface area contributed by atoms with Gasteiger partial charge in [0.1, 0.15) is 5.76 Å². The highest BCUT2D eigenvalue weighted by molar-refractivity contribution is 5.92. The Balaban J connectivity index is 2.11. The van der Waals surface area contributed by atoms with E-state index in [2.05, 4.69) is 5.16 Å². The number of hydrogen-bond acceptors (Lipinski definition) is 4. The zero-order chi connectivity index (χ0) is 12.5. The van der Waals surface area contributed by atoms with Crippen LogP contribution in [-0.2, 0) is 10.2 Å². The molecule has 1 aliphatic heterocycles. The SMILES string of the molecule is CC(C)(C)c1cc(C(=O)N2CCOCC2)no1. The second-order valence-corrected chi connectivity index (χ2v) is 5.23. The highest BCUT2D eigenvalue weighted by atomic mass is 16.5. The number of carbonyl (C=O) groups excluding carboxylic acids is 1. The fourth-order valence-corrected chi connectivity index (χ4v) is 1.66. The van der Waals surface area contributed by atoms with Crippen LogP contribution in [0.4, 0.5) is 0 Å². The van der Waals surface area contributed by atoms with Gasteiger partial charge in [0, 0.05) is 24.6 Å². The zero-order valence-electron chi connectivity index (χ0n) is 10.5. The highest BCUT2D eigenvalue weighted by Gasteiger charge is 2.25. The van der Waals surface area contributed by atoms with Gasteiger partial charge in [0.15, 0.2) is 5.69 Å². The van der Waals surface area contributed by atoms with Crippen LogP contribution in [0.3, 0.4) is 0 Å². The standard InChI is InChI=1S/C12H18N2O3/c1-12(2,3)10-8-9(13-17-10)11(15)14-4-6-16-7-5-14/h8H,4-7H2,1-3H3. The summed E-state index contributed by atoms with van der Waals surface area (Å²) < 4.78 is 10.4. The summed E-state index contributed by atoms with van der Waals surface area (Å²) in [6.07, 6.45) is 0. The van der Waals surface area contributed by atoms with E-state index in [0.29, 0.717) is 32.0 Å². The molecule has 0 aromatic carbocycles. The molecule has 0 bridgehead atoms. The van der Waals surface area contributed by atoms with Gasteiger partial charge in [-0.05, 0) is 0 Å². The summed E-state index contributed by atoms with van der Waals surface area (Å²) in [5, 5.41) is 3.85. The number of amides is 1. The predicted octanol–water partition coefficient (Wildman–Crippen LogP) is 1.44. The van der Waals surface area contributed by atoms with Gasteiger partial charge in [0.2, 0.25) is 0 Å². The minimum Gasteiger partial charge on any atom is -0.378 e. The second kappa shape index (κ2) is 4.49. The zero-order valence-corrected chi connectivity index (χ0v) is 10.5. The van der Waals surface area contributed by atoms with E-state index in [9.17, 15) is 4.79 Å². The molecule has 17 heavy (non-hydrogen) atoms. The van der Waals surface area contributed by atoms with Crippen molar-refractivity contribution in [2.24, 2.45) is 0 Å². The summed E-state index contributed by atoms with van der Waals surface area (Å²) in [5.41, 5.74) is 0.258. The van der Waals surface area contributed by atoms with Crippen LogP contribution in [0, 0.1) is 0 Å². The second-order valence-electron chi connectivity index (χ2n) is 5.23. The Kier molecular flexibility index (Phi) is 3.19. The molecule has 2 heterocycles. The number of hydrogen-bond donors (Lipinski definition) is 0. The predicted molar refractivity (Wildman–Crippen MR) is 61.9 cm³/mol. The normalized spacial score (nSPS) is 17.2. The van der Waals surface area contributed by atoms with Crippen molar-refractivity contribution < 1.29 is 14.1 Å². The maximum atomic E-state index is 12.1. The summed E-state index contributed by atoms with van der Waals surface area (Å²) in [6, 6.07) is 1.73. The van der Waals surface area contributed by atoms with Crippen LogP contribution < -0.4 is 0 Å². The molecule has 94 valence electrons. The minimum atomic E-state index is -0.128. The molecule has 5 heteroatoms. The van der Waals surface area contributed by atoms with E-state index >= 15 is 0 Å². The Morgan fingerprint density at radius 1 is 1.35 bits per heavy atom. The molecule has 1 amide bonds. The lowest BCUT2D eigenvalue weighted by molar-refractivity contribution is 0.0296. The van der Waals surface area contributed by atoms with E-state index in [0.717, 1.165) is 5.76 Å². The van der Waals surface area contributed by atoms with Gasteiger partial charge in [-0.3, -0.25) is 4.79 Å². The molecule has 0 atom stereocenters. The van der Waals surface area contributed by atoms with Crippen molar-refractivity contribution in [1.82, 2.24) is 10.1 Å². The molecule has 0 spiro atoms. The molecule has 1 aromatic heterocycles. The molecule has 0 aliphatic carbocycles. The van der Waals surface area contributed by atoms with Crippen LogP contribution in [0.15, 0.2) is 10.6 Å². The van der Waals surface area contributed by atoms with Crippen molar-refractivity contribution in [1.29, 1.82) is 0 Å². The highest BCUT2D eigenvalue weighted by Crippen LogP contribution is 2.23. The molecule has 5 nitrogen and oxygen atoms in total. The average molecular weight is 238 g/mol. The average Bonchev–Trinajstić information content (AvgIpc) is 2.78. The van der Waals surface area contributed by atoms with Crippen LogP contribution in [0.1, 0.15) is 37.0 Å². The number of nitrogens with zero attached hydrogens (tertiary/aromatic N) is 2. The maximum absolute atomic E-state index is 12.1. The first-order chi connectivity index (χ1) is 7.98. The Hall–Kier alpha value is -1.36. The molecule has 0 unspecified atom stereocenters. The monoisotopic (exact) mass is 238 g/mol. The lowest BCUT2D eigenvalue weighted by Gasteiger charge is -2.25. The van der Waals surface area contributed by atoms with Crippen molar-refractivity contribution in [2.75, 3.05) is 26.3 Å². The molecule has 1 aromatic rings. The number of aromatic nitrogens is 1. The van der Waals surface area contributed by atoms with Crippen LogP contribution >= 0.6 is 0 Å². The third-order valence-corrected chi connectivity index (χ3v) is 2.77.